The second-order valence-electron chi connectivity index (χ2n) is 5.13. The van der Waals surface area contributed by atoms with Gasteiger partial charge in [0.05, 0.1) is 0 Å². The zero-order chi connectivity index (χ0) is 13.8. The van der Waals surface area contributed by atoms with Crippen molar-refractivity contribution < 1.29 is 9.90 Å². The van der Waals surface area contributed by atoms with E-state index in [-0.39, 0.29) is 6.04 Å². The van der Waals surface area contributed by atoms with E-state index in [0.29, 0.717) is 0 Å². The molecule has 0 amide bonds. The Morgan fingerprint density at radius 2 is 2.21 bits per heavy atom. The van der Waals surface area contributed by atoms with Crippen LogP contribution in [0.4, 0.5) is 0 Å². The van der Waals surface area contributed by atoms with Crippen molar-refractivity contribution in [2.45, 2.75) is 37.6 Å². The number of nitrogens with zero attached hydrogens (tertiary/aromatic N) is 1. The summed E-state index contributed by atoms with van der Waals surface area (Å²) in [4.78, 5) is 14.4. The number of hydrogen-bond donors (Lipinski definition) is 1. The first-order valence-corrected chi connectivity index (χ1v) is 7.73. The van der Waals surface area contributed by atoms with Gasteiger partial charge in [0.15, 0.2) is 0 Å². The first-order chi connectivity index (χ1) is 9.08. The molecular weight excluding hydrogens is 258 g/mol. The molecule has 1 fully saturated rings. The molecule has 0 unspecified atom stereocenters. The highest BCUT2D eigenvalue weighted by molar-refractivity contribution is 7.99. The quantitative estimate of drug-likeness (QED) is 0.841. The van der Waals surface area contributed by atoms with Crippen molar-refractivity contribution in [2.75, 3.05) is 18.8 Å². The van der Waals surface area contributed by atoms with Crippen molar-refractivity contribution in [3.63, 3.8) is 0 Å². The Labute approximate surface area is 119 Å². The molecule has 1 aliphatic heterocycles. The number of carbonyl (C=O) groups is 1. The van der Waals surface area contributed by atoms with E-state index >= 15 is 0 Å². The average Bonchev–Trinajstić information content (AvgIpc) is 2.82. The lowest BCUT2D eigenvalue weighted by Crippen LogP contribution is -2.37. The molecule has 1 aromatic rings. The lowest BCUT2D eigenvalue weighted by molar-refractivity contribution is -0.142. The summed E-state index contributed by atoms with van der Waals surface area (Å²) in [5.41, 5.74) is 2.63. The summed E-state index contributed by atoms with van der Waals surface area (Å²) in [6.45, 7) is 6.02. The van der Waals surface area contributed by atoms with E-state index < -0.39 is 5.97 Å². The van der Waals surface area contributed by atoms with Crippen LogP contribution >= 0.6 is 11.8 Å². The summed E-state index contributed by atoms with van der Waals surface area (Å²) >= 11 is 1.81. The van der Waals surface area contributed by atoms with Crippen molar-refractivity contribution in [3.8, 4) is 0 Å². The Hall–Kier alpha value is -1.00. The fourth-order valence-corrected chi connectivity index (χ4v) is 3.44. The number of rotatable bonds is 5. The molecule has 19 heavy (non-hydrogen) atoms. The van der Waals surface area contributed by atoms with Gasteiger partial charge in [0.2, 0.25) is 0 Å². The van der Waals surface area contributed by atoms with E-state index in [1.54, 1.807) is 0 Å². The van der Waals surface area contributed by atoms with Crippen molar-refractivity contribution >= 4 is 17.7 Å². The van der Waals surface area contributed by atoms with Gasteiger partial charge in [-0.25, -0.2) is 0 Å². The summed E-state index contributed by atoms with van der Waals surface area (Å²) in [5, 5.41) is 9.12. The Morgan fingerprint density at radius 1 is 1.42 bits per heavy atom. The molecule has 0 radical (unpaired) electrons. The van der Waals surface area contributed by atoms with Crippen LogP contribution in [-0.4, -0.2) is 40.9 Å². The van der Waals surface area contributed by atoms with Gasteiger partial charge in [-0.2, -0.15) is 0 Å². The Kier molecular flexibility index (Phi) is 4.88. The molecule has 0 saturated carbocycles. The number of benzene rings is 1. The van der Waals surface area contributed by atoms with Gasteiger partial charge in [-0.15, -0.1) is 11.8 Å². The molecule has 1 N–H and O–H groups in total. The first kappa shape index (κ1) is 14.4. The summed E-state index contributed by atoms with van der Waals surface area (Å²) in [7, 11) is 0. The lowest BCUT2D eigenvalue weighted by Gasteiger charge is -2.20. The molecule has 1 heterocycles. The minimum absolute atomic E-state index is 0.264. The standard InChI is InChI=1S/C15H21NO2S/c1-11-5-6-13(10-12(11)2)19-9-8-16-7-3-4-14(16)15(17)18/h5-6,10,14H,3-4,7-9H2,1-2H3,(H,17,18)/t14-/m0/s1. The molecule has 1 aliphatic rings. The number of carboxylic acid groups (broad SMARTS) is 1. The fraction of sp³-hybridized carbons (Fsp3) is 0.533. The lowest BCUT2D eigenvalue weighted by atomic mass is 10.1. The van der Waals surface area contributed by atoms with E-state index in [4.69, 9.17) is 5.11 Å². The van der Waals surface area contributed by atoms with Crippen molar-refractivity contribution in [3.05, 3.63) is 29.3 Å². The van der Waals surface area contributed by atoms with Crippen LogP contribution in [0.1, 0.15) is 24.0 Å². The second kappa shape index (κ2) is 6.44. The first-order valence-electron chi connectivity index (χ1n) is 6.75. The van der Waals surface area contributed by atoms with E-state index in [1.165, 1.54) is 16.0 Å². The normalized spacial score (nSPS) is 19.8. The van der Waals surface area contributed by atoms with E-state index in [2.05, 4.69) is 36.9 Å². The number of hydrogen-bond acceptors (Lipinski definition) is 3. The maximum absolute atomic E-state index is 11.1. The molecule has 3 nitrogen and oxygen atoms in total. The SMILES string of the molecule is Cc1ccc(SCCN2CCC[C@H]2C(=O)O)cc1C. The van der Waals surface area contributed by atoms with Gasteiger partial charge in [0.1, 0.15) is 6.04 Å². The summed E-state index contributed by atoms with van der Waals surface area (Å²) < 4.78 is 0. The van der Waals surface area contributed by atoms with Gasteiger partial charge in [0.25, 0.3) is 0 Å². The molecule has 0 spiro atoms. The van der Waals surface area contributed by atoms with E-state index in [9.17, 15) is 4.79 Å². The molecule has 1 aromatic carbocycles. The van der Waals surface area contributed by atoms with E-state index in [0.717, 1.165) is 31.7 Å². The Balaban J connectivity index is 1.83. The predicted molar refractivity (Wildman–Crippen MR) is 78.9 cm³/mol. The monoisotopic (exact) mass is 279 g/mol. The van der Waals surface area contributed by atoms with Crippen LogP contribution < -0.4 is 0 Å². The number of aryl methyl sites for hydroxylation is 2. The zero-order valence-corrected chi connectivity index (χ0v) is 12.4. The van der Waals surface area contributed by atoms with Crippen LogP contribution in [-0.2, 0) is 4.79 Å². The second-order valence-corrected chi connectivity index (χ2v) is 6.30. The Bertz CT molecular complexity index is 461. The number of likely N-dealkylation sites (tertiary alicyclic amines) is 1. The van der Waals surface area contributed by atoms with Crippen LogP contribution in [0.5, 0.6) is 0 Å². The van der Waals surface area contributed by atoms with Crippen LogP contribution in [0.25, 0.3) is 0 Å². The third-order valence-corrected chi connectivity index (χ3v) is 4.75. The topological polar surface area (TPSA) is 40.5 Å². The van der Waals surface area contributed by atoms with Gasteiger partial charge in [-0.3, -0.25) is 9.69 Å². The average molecular weight is 279 g/mol. The van der Waals surface area contributed by atoms with Crippen LogP contribution in [0, 0.1) is 13.8 Å². The highest BCUT2D eigenvalue weighted by atomic mass is 32.2. The van der Waals surface area contributed by atoms with Crippen molar-refractivity contribution in [1.29, 1.82) is 0 Å². The molecule has 1 saturated heterocycles. The molecule has 0 bridgehead atoms. The zero-order valence-electron chi connectivity index (χ0n) is 11.6. The smallest absolute Gasteiger partial charge is 0.320 e. The summed E-state index contributed by atoms with van der Waals surface area (Å²) in [6, 6.07) is 6.23. The van der Waals surface area contributed by atoms with Crippen LogP contribution in [0.2, 0.25) is 0 Å². The largest absolute Gasteiger partial charge is 0.480 e. The van der Waals surface area contributed by atoms with Crippen molar-refractivity contribution in [1.82, 2.24) is 4.90 Å². The molecule has 0 aliphatic carbocycles. The highest BCUT2D eigenvalue weighted by Gasteiger charge is 2.29. The Morgan fingerprint density at radius 3 is 2.89 bits per heavy atom. The predicted octanol–water partition coefficient (Wildman–Crippen LogP) is 2.94. The van der Waals surface area contributed by atoms with Gasteiger partial charge < -0.3 is 5.11 Å². The molecule has 2 rings (SSSR count). The molecule has 0 aromatic heterocycles. The highest BCUT2D eigenvalue weighted by Crippen LogP contribution is 2.23. The van der Waals surface area contributed by atoms with Gasteiger partial charge >= 0.3 is 5.97 Å². The number of thioether (sulfide) groups is 1. The van der Waals surface area contributed by atoms with Gasteiger partial charge in [0, 0.05) is 17.2 Å². The fourth-order valence-electron chi connectivity index (χ4n) is 2.46. The molecule has 4 heteroatoms. The van der Waals surface area contributed by atoms with Crippen molar-refractivity contribution in [2.24, 2.45) is 0 Å². The molecule has 104 valence electrons. The van der Waals surface area contributed by atoms with Crippen LogP contribution in [0.3, 0.4) is 0 Å². The maximum Gasteiger partial charge on any atom is 0.320 e. The minimum atomic E-state index is -0.673. The van der Waals surface area contributed by atoms with Crippen LogP contribution in [0.15, 0.2) is 23.1 Å². The third kappa shape index (κ3) is 3.74. The minimum Gasteiger partial charge on any atom is -0.480 e. The molecular formula is C15H21NO2S. The number of carboxylic acids is 1. The third-order valence-electron chi connectivity index (χ3n) is 3.77. The maximum atomic E-state index is 11.1. The van der Waals surface area contributed by atoms with E-state index in [1.807, 2.05) is 11.8 Å². The summed E-state index contributed by atoms with van der Waals surface area (Å²) in [5.74, 6) is 0.278. The summed E-state index contributed by atoms with van der Waals surface area (Å²) in [6.07, 6.45) is 1.80. The van der Waals surface area contributed by atoms with Gasteiger partial charge in [-0.1, -0.05) is 6.07 Å². The molecule has 1 atom stereocenters. The number of aliphatic carboxylic acids is 1. The van der Waals surface area contributed by atoms with Gasteiger partial charge in [-0.05, 0) is 56.5 Å².